The number of carbonyl (C=O) groups is 1. The molecule has 1 aromatic heterocycles. The van der Waals surface area contributed by atoms with Crippen LogP contribution in [0.15, 0.2) is 42.7 Å². The molecule has 3 fully saturated rings. The Morgan fingerprint density at radius 3 is 2.55 bits per heavy atom. The van der Waals surface area contributed by atoms with E-state index in [2.05, 4.69) is 15.1 Å². The first-order valence-corrected chi connectivity index (χ1v) is 13.5. The van der Waals surface area contributed by atoms with Gasteiger partial charge in [-0.2, -0.15) is 13.2 Å². The fourth-order valence-corrected chi connectivity index (χ4v) is 6.56. The summed E-state index contributed by atoms with van der Waals surface area (Å²) in [6, 6.07) is 9.64. The predicted octanol–water partition coefficient (Wildman–Crippen LogP) is 4.96. The topological polar surface area (TPSA) is 63.5 Å². The van der Waals surface area contributed by atoms with Crippen molar-refractivity contribution in [2.24, 2.45) is 12.5 Å². The van der Waals surface area contributed by atoms with E-state index in [0.717, 1.165) is 19.5 Å². The molecular weight excluding hydrogens is 526 g/mol. The second-order valence-corrected chi connectivity index (χ2v) is 11.9. The minimum Gasteiger partial charge on any atom is -0.379 e. The van der Waals surface area contributed by atoms with Gasteiger partial charge in [-0.1, -0.05) is 12.1 Å². The van der Waals surface area contributed by atoms with Crippen LogP contribution in [0.2, 0.25) is 0 Å². The summed E-state index contributed by atoms with van der Waals surface area (Å²) < 4.78 is 65.5. The summed E-state index contributed by atoms with van der Waals surface area (Å²) in [4.78, 5) is 17.2. The number of anilines is 1. The Morgan fingerprint density at radius 1 is 1.12 bits per heavy atom. The van der Waals surface area contributed by atoms with E-state index < -0.39 is 29.2 Å². The number of hydrogen-bond acceptors (Lipinski definition) is 5. The highest BCUT2D eigenvalue weighted by Gasteiger charge is 2.51. The quantitative estimate of drug-likeness (QED) is 0.403. The summed E-state index contributed by atoms with van der Waals surface area (Å²) in [7, 11) is 1.66. The van der Waals surface area contributed by atoms with Gasteiger partial charge in [0.15, 0.2) is 12.0 Å². The molecular formula is C29H29F4N5O2. The number of amides is 1. The Kier molecular flexibility index (Phi) is 5.67. The van der Waals surface area contributed by atoms with Gasteiger partial charge in [-0.25, -0.2) is 4.39 Å². The number of fused-ring (bicyclic) bond motifs is 1. The van der Waals surface area contributed by atoms with Gasteiger partial charge in [0.25, 0.3) is 5.91 Å². The molecule has 7 nitrogen and oxygen atoms in total. The molecule has 0 bridgehead atoms. The molecule has 7 rings (SSSR count). The Labute approximate surface area is 228 Å². The molecule has 1 saturated carbocycles. The molecule has 210 valence electrons. The summed E-state index contributed by atoms with van der Waals surface area (Å²) in [6.07, 6.45) is -1.24. The van der Waals surface area contributed by atoms with Gasteiger partial charge in [0.05, 0.1) is 30.7 Å². The second-order valence-electron chi connectivity index (χ2n) is 11.9. The Morgan fingerprint density at radius 2 is 1.93 bits per heavy atom. The van der Waals surface area contributed by atoms with Crippen LogP contribution >= 0.6 is 0 Å². The fourth-order valence-electron chi connectivity index (χ4n) is 6.56. The van der Waals surface area contributed by atoms with E-state index in [0.29, 0.717) is 28.8 Å². The average molecular weight is 556 g/mol. The number of likely N-dealkylation sites (tertiary alicyclic amines) is 1. The highest BCUT2D eigenvalue weighted by Crippen LogP contribution is 2.53. The highest BCUT2D eigenvalue weighted by molar-refractivity contribution is 6.10. The number of aryl methyl sites for hydroxylation is 1. The predicted molar refractivity (Wildman–Crippen MR) is 137 cm³/mol. The van der Waals surface area contributed by atoms with E-state index in [9.17, 15) is 18.0 Å². The molecule has 4 aliphatic rings. The van der Waals surface area contributed by atoms with Crippen LogP contribution in [-0.4, -0.2) is 51.9 Å². The van der Waals surface area contributed by atoms with Gasteiger partial charge in [-0.05, 0) is 72.2 Å². The molecule has 40 heavy (non-hydrogen) atoms. The van der Waals surface area contributed by atoms with Gasteiger partial charge in [0.2, 0.25) is 0 Å². The summed E-state index contributed by atoms with van der Waals surface area (Å²) in [5, 5.41) is 7.71. The molecule has 1 aliphatic carbocycles. The van der Waals surface area contributed by atoms with E-state index in [1.54, 1.807) is 37.4 Å². The van der Waals surface area contributed by atoms with Crippen molar-refractivity contribution in [1.82, 2.24) is 19.7 Å². The summed E-state index contributed by atoms with van der Waals surface area (Å²) >= 11 is 0. The lowest BCUT2D eigenvalue weighted by molar-refractivity contribution is -0.138. The minimum absolute atomic E-state index is 0.0177. The number of aromatic nitrogens is 3. The Bertz CT molecular complexity index is 1490. The van der Waals surface area contributed by atoms with Crippen LogP contribution in [0.5, 0.6) is 0 Å². The maximum Gasteiger partial charge on any atom is 0.416 e. The third-order valence-corrected chi connectivity index (χ3v) is 9.20. The Balaban J connectivity index is 1.20. The first-order valence-electron chi connectivity index (χ1n) is 13.5. The van der Waals surface area contributed by atoms with Crippen molar-refractivity contribution in [3.63, 3.8) is 0 Å². The zero-order valence-electron chi connectivity index (χ0n) is 22.0. The molecule has 0 radical (unpaired) electrons. The van der Waals surface area contributed by atoms with Crippen molar-refractivity contribution in [1.29, 1.82) is 0 Å². The van der Waals surface area contributed by atoms with Gasteiger partial charge < -0.3 is 14.2 Å². The van der Waals surface area contributed by atoms with E-state index in [1.165, 1.54) is 34.7 Å². The lowest BCUT2D eigenvalue weighted by atomic mass is 9.74. The first kappa shape index (κ1) is 25.6. The molecule has 3 aromatic rings. The number of ether oxygens (including phenoxy) is 1. The van der Waals surface area contributed by atoms with Crippen LogP contribution in [0.4, 0.5) is 23.2 Å². The van der Waals surface area contributed by atoms with Crippen molar-refractivity contribution in [3.05, 3.63) is 76.4 Å². The summed E-state index contributed by atoms with van der Waals surface area (Å²) in [5.74, 6) is -0.324. The summed E-state index contributed by atoms with van der Waals surface area (Å²) in [6.45, 7) is 2.17. The molecule has 0 N–H and O–H groups in total. The van der Waals surface area contributed by atoms with Crippen molar-refractivity contribution < 1.29 is 27.1 Å². The van der Waals surface area contributed by atoms with Crippen LogP contribution < -0.4 is 4.90 Å². The molecule has 1 amide bonds. The maximum absolute atomic E-state index is 15.9. The molecule has 2 saturated heterocycles. The first-order chi connectivity index (χ1) is 19.1. The van der Waals surface area contributed by atoms with Crippen molar-refractivity contribution in [2.75, 3.05) is 31.2 Å². The second kappa shape index (κ2) is 8.84. The maximum atomic E-state index is 15.9. The zero-order chi connectivity index (χ0) is 27.9. The van der Waals surface area contributed by atoms with Crippen LogP contribution in [0.25, 0.3) is 0 Å². The van der Waals surface area contributed by atoms with Gasteiger partial charge in [0, 0.05) is 31.4 Å². The molecule has 4 heterocycles. The number of benzene rings is 2. The molecule has 1 atom stereocenters. The van der Waals surface area contributed by atoms with E-state index in [4.69, 9.17) is 4.74 Å². The number of carbonyl (C=O) groups excluding carboxylic acids is 1. The normalized spacial score (nSPS) is 22.0. The number of alkyl halides is 4. The van der Waals surface area contributed by atoms with Crippen LogP contribution in [0, 0.1) is 5.41 Å². The van der Waals surface area contributed by atoms with Crippen molar-refractivity contribution in [2.45, 2.75) is 50.1 Å². The number of halogens is 4. The zero-order valence-corrected chi connectivity index (χ0v) is 22.0. The molecule has 3 aliphatic heterocycles. The summed E-state index contributed by atoms with van der Waals surface area (Å²) in [5.41, 5.74) is 0.136. The minimum atomic E-state index is -4.59. The molecule has 2 aromatic carbocycles. The van der Waals surface area contributed by atoms with E-state index in [-0.39, 0.29) is 36.7 Å². The molecule has 1 unspecified atom stereocenters. The van der Waals surface area contributed by atoms with E-state index in [1.807, 2.05) is 0 Å². The SMILES string of the molecule is Cn1cnnc1C(F)C1(c2cccc(N3Cc4c(cc(CN5CCC6(CC6)C5)cc4C(F)(F)F)C3=O)c2)COC1. The highest BCUT2D eigenvalue weighted by atomic mass is 19.4. The molecule has 1 spiro atoms. The third-order valence-electron chi connectivity index (χ3n) is 9.20. The molecule has 11 heteroatoms. The number of rotatable bonds is 6. The Hall–Kier alpha value is -3.31. The van der Waals surface area contributed by atoms with Gasteiger partial charge in [-0.15, -0.1) is 10.2 Å². The largest absolute Gasteiger partial charge is 0.416 e. The fraction of sp³-hybridized carbons (Fsp3) is 0.483. The van der Waals surface area contributed by atoms with Crippen LogP contribution in [-0.2, 0) is 36.5 Å². The van der Waals surface area contributed by atoms with Gasteiger partial charge in [-0.3, -0.25) is 9.69 Å². The van der Waals surface area contributed by atoms with Gasteiger partial charge in [0.1, 0.15) is 6.33 Å². The lowest BCUT2D eigenvalue weighted by Gasteiger charge is -2.43. The van der Waals surface area contributed by atoms with Gasteiger partial charge >= 0.3 is 6.18 Å². The standard InChI is InChI=1S/C29H29F4N5O2/c1-36-17-34-35-25(36)24(30)28(15-40-16-28)19-3-2-4-20(11-19)38-13-22-21(26(38)39)9-18(10-23(22)29(31,32)33)12-37-8-7-27(14-37)5-6-27/h2-4,9-11,17,24H,5-8,12-16H2,1H3. The van der Waals surface area contributed by atoms with E-state index >= 15 is 4.39 Å². The van der Waals surface area contributed by atoms with Crippen molar-refractivity contribution >= 4 is 11.6 Å². The number of nitrogens with zero attached hydrogens (tertiary/aromatic N) is 5. The smallest absolute Gasteiger partial charge is 0.379 e. The average Bonchev–Trinajstić information content (AvgIpc) is 3.16. The van der Waals surface area contributed by atoms with Crippen LogP contribution in [0.1, 0.15) is 63.9 Å². The van der Waals surface area contributed by atoms with Crippen LogP contribution in [0.3, 0.4) is 0 Å². The lowest BCUT2D eigenvalue weighted by Crippen LogP contribution is -2.50. The third kappa shape index (κ3) is 4.04. The van der Waals surface area contributed by atoms with Crippen molar-refractivity contribution in [3.8, 4) is 0 Å². The monoisotopic (exact) mass is 555 g/mol. The number of hydrogen-bond donors (Lipinski definition) is 0.